The normalized spacial score (nSPS) is 11.4. The predicted molar refractivity (Wildman–Crippen MR) is 186 cm³/mol. The number of nitrogens with one attached hydrogen (secondary N) is 3. The van der Waals surface area contributed by atoms with Crippen molar-refractivity contribution in [1.82, 2.24) is 15.0 Å². The second kappa shape index (κ2) is 34.1. The van der Waals surface area contributed by atoms with E-state index < -0.39 is 79.0 Å². The monoisotopic (exact) mass is 1100 g/mol. The van der Waals surface area contributed by atoms with Crippen molar-refractivity contribution >= 4 is 116 Å². The average Bonchev–Trinajstić information content (AvgIpc) is 3.05. The first kappa shape index (κ1) is 70.3. The molecule has 0 aliphatic heterocycles. The van der Waals surface area contributed by atoms with E-state index in [2.05, 4.69) is 59.2 Å². The molecule has 1 aliphatic rings. The molecule has 0 unspecified atom stereocenters. The number of fused-ring (bicyclic) bond motifs is 1. The molecule has 62 heavy (non-hydrogen) atoms. The zero-order valence-electron chi connectivity index (χ0n) is 31.9. The molecule has 0 fully saturated rings. The van der Waals surface area contributed by atoms with E-state index in [1.165, 1.54) is 18.2 Å². The summed E-state index contributed by atoms with van der Waals surface area (Å²) < 4.78 is 147. The summed E-state index contributed by atoms with van der Waals surface area (Å²) in [7, 11) is -19.5. The zero-order valence-corrected chi connectivity index (χ0v) is 52.3. The Labute approximate surface area is 572 Å². The van der Waals surface area contributed by atoms with Gasteiger partial charge < -0.3 is 36.1 Å². The largest absolute Gasteiger partial charge is 1.00 e. The molecule has 0 bridgehead atoms. The van der Waals surface area contributed by atoms with Gasteiger partial charge in [0, 0.05) is 0 Å². The first-order valence-electron chi connectivity index (χ1n) is 13.4. The van der Waals surface area contributed by atoms with Gasteiger partial charge in [-0.25, -0.2) is 21.9 Å². The molecule has 4 aromatic rings. The molecule has 1 aliphatic carbocycles. The minimum atomic E-state index is -5.23. The van der Waals surface area contributed by atoms with E-state index in [0.29, 0.717) is 5.69 Å². The molecule has 0 radical (unpaired) electrons. The number of aromatic hydroxyl groups is 1. The molecule has 6 N–H and O–H groups in total. The maximum Gasteiger partial charge on any atom is 1.00 e. The van der Waals surface area contributed by atoms with Gasteiger partial charge in [-0.1, -0.05) is 17.3 Å². The quantitative estimate of drug-likeness (QED) is 0.0360. The Morgan fingerprint density at radius 3 is 1.87 bits per heavy atom. The average molecular weight is 1100 g/mol. The second-order valence-electron chi connectivity index (χ2n) is 9.29. The number of azo groups is 1. The maximum atomic E-state index is 12.1. The maximum absolute atomic E-state index is 12.1. The molecule has 5 rings (SSSR count). The summed E-state index contributed by atoms with van der Waals surface area (Å²) in [6.07, 6.45) is 3.70. The second-order valence-corrected chi connectivity index (χ2v) is 13.5. The van der Waals surface area contributed by atoms with Gasteiger partial charge >= 0.3 is 289 Å². The molecule has 0 saturated heterocycles. The number of hydrogen-bond donors (Lipinski definition) is 5. The number of nitrogens with two attached hydrogens (primary N) is 1. The van der Waals surface area contributed by atoms with E-state index in [4.69, 9.17) is 60.6 Å². The zero-order chi connectivity index (χ0) is 43.2. The number of phenols is 1. The van der Waals surface area contributed by atoms with Gasteiger partial charge in [-0.3, -0.25) is 0 Å². The summed E-state index contributed by atoms with van der Waals surface area (Å²) in [6, 6.07) is 13.9. The SMILES string of the molecule is N=C1C(=NNc2c[c-]ccc2S(=O)(=O)[O-])[C-]=Cc2cc(S(=O)(=O)[O-])c(N=Nc3[c-]ccc(Nc4nc(N)nc(Cl)n4)c3)c(O)c21.O=S(=O)=O.O=S(=O)=O.O=S(=O)=O.[K+].[K+].[K+].[K+].[K+]. The van der Waals surface area contributed by atoms with Crippen molar-refractivity contribution in [1.29, 1.82) is 5.41 Å². The van der Waals surface area contributed by atoms with Crippen LogP contribution in [0.5, 0.6) is 5.75 Å². The minimum absolute atomic E-state index is 0. The van der Waals surface area contributed by atoms with Crippen molar-refractivity contribution in [2.45, 2.75) is 9.79 Å². The Kier molecular flexibility index (Phi) is 38.6. The molecular weight excluding hydrogens is 1090 g/mol. The number of nitrogen functional groups attached to an aromatic ring is 1. The fourth-order valence-corrected chi connectivity index (χ4v) is 5.24. The summed E-state index contributed by atoms with van der Waals surface area (Å²) in [4.78, 5) is 9.82. The predicted octanol–water partition coefficient (Wildman–Crippen LogP) is -14.9. The van der Waals surface area contributed by atoms with Gasteiger partial charge in [-0.2, -0.15) is 68.6 Å². The van der Waals surface area contributed by atoms with Gasteiger partial charge in [-0.05, 0) is 39.3 Å². The molecule has 1 aromatic heterocycles. The number of allylic oxidation sites excluding steroid dienone is 1. The third-order valence-corrected chi connectivity index (χ3v) is 7.61. The Morgan fingerprint density at radius 1 is 0.806 bits per heavy atom. The number of halogens is 1. The summed E-state index contributed by atoms with van der Waals surface area (Å²) in [5.74, 6) is -1.04. The number of aromatic nitrogens is 3. The van der Waals surface area contributed by atoms with Crippen LogP contribution in [0.3, 0.4) is 0 Å². The van der Waals surface area contributed by atoms with Crippen molar-refractivity contribution in [2.24, 2.45) is 15.3 Å². The van der Waals surface area contributed by atoms with Crippen LogP contribution in [0.4, 0.5) is 34.6 Å². The van der Waals surface area contributed by atoms with Gasteiger partial charge in [0.2, 0.25) is 17.2 Å². The van der Waals surface area contributed by atoms with Crippen LogP contribution in [0, 0.1) is 23.6 Å². The smallest absolute Gasteiger partial charge is 0.746 e. The number of nitrogens with zero attached hydrogens (tertiary/aromatic N) is 6. The standard InChI is InChI=1S/C25H16ClN10O7S2.5K.3O3S/c26-23-30-24(28)32-25(31-23)29-13-4-3-5-14(11-13)33-36-21-18(45(41,42)43)10-12-8-9-16(20(27)19(12)22(21)37)35-34-15-6-1-2-7-17(15)44(38,39)40;;;;;;3*1-4(2)3/h2-4,6-8,10-11,27,34,37H,(H,38,39,40)(H,41,42,43)(H3,28,29,30,31,32);;;;;;;;/q-3;5*+1;;;/p-2. The molecule has 3 aromatic carbocycles. The van der Waals surface area contributed by atoms with Gasteiger partial charge in [0.05, 0.1) is 4.90 Å². The Morgan fingerprint density at radius 2 is 1.35 bits per heavy atom. The van der Waals surface area contributed by atoms with Crippen molar-refractivity contribution in [3.05, 3.63) is 77.1 Å². The van der Waals surface area contributed by atoms with Crippen LogP contribution in [0.25, 0.3) is 6.08 Å². The van der Waals surface area contributed by atoms with Crippen LogP contribution in [0.2, 0.25) is 5.28 Å². The Balaban J connectivity index is -0.000000881. The van der Waals surface area contributed by atoms with Crippen LogP contribution in [0.15, 0.2) is 67.6 Å². The van der Waals surface area contributed by atoms with Crippen molar-refractivity contribution in [2.75, 3.05) is 16.5 Å². The molecule has 0 saturated carbocycles. The van der Waals surface area contributed by atoms with Gasteiger partial charge in [-0.15, -0.1) is 60.7 Å². The number of anilines is 4. The van der Waals surface area contributed by atoms with Gasteiger partial charge in [0.15, 0.2) is 0 Å². The van der Waals surface area contributed by atoms with Gasteiger partial charge in [0.25, 0.3) is 0 Å². The molecule has 0 amide bonds. The third-order valence-electron chi connectivity index (χ3n) is 5.70. The summed E-state index contributed by atoms with van der Waals surface area (Å²) in [5, 5.41) is 33.8. The van der Waals surface area contributed by atoms with Crippen molar-refractivity contribution in [3.63, 3.8) is 0 Å². The number of hydrazone groups is 1. The molecule has 1 heterocycles. The number of benzene rings is 3. The topological polar surface area (TPSA) is 438 Å². The van der Waals surface area contributed by atoms with Crippen molar-refractivity contribution in [3.8, 4) is 5.75 Å². The molecule has 37 heteroatoms. The van der Waals surface area contributed by atoms with E-state index in [-0.39, 0.29) is 302 Å². The van der Waals surface area contributed by atoms with Crippen molar-refractivity contribution < 1.29 is 326 Å². The van der Waals surface area contributed by atoms with E-state index in [1.807, 2.05) is 0 Å². The van der Waals surface area contributed by atoms with Crippen LogP contribution in [-0.2, 0) is 52.1 Å². The molecule has 302 valence electrons. The number of hydrogen-bond acceptors (Lipinski definition) is 26. The summed E-state index contributed by atoms with van der Waals surface area (Å²) >= 11 is 5.78. The van der Waals surface area contributed by atoms with Crippen LogP contribution in [-0.4, -0.2) is 95.3 Å². The third kappa shape index (κ3) is 25.9. The molecule has 26 nitrogen and oxygen atoms in total. The Bertz CT molecular complexity index is 2810. The molecule has 0 atom stereocenters. The van der Waals surface area contributed by atoms with E-state index in [9.17, 15) is 31.0 Å². The van der Waals surface area contributed by atoms with Crippen LogP contribution >= 0.6 is 11.6 Å². The molecular formula is C25H14ClK5N10O16S5. The van der Waals surface area contributed by atoms with Crippen LogP contribution < -0.4 is 273 Å². The van der Waals surface area contributed by atoms with Crippen LogP contribution in [0.1, 0.15) is 11.1 Å². The molecule has 0 spiro atoms. The fraction of sp³-hybridized carbons (Fsp3) is 0. The van der Waals surface area contributed by atoms with E-state index >= 15 is 0 Å². The van der Waals surface area contributed by atoms with Gasteiger partial charge in [0.1, 0.15) is 31.7 Å². The van der Waals surface area contributed by atoms with E-state index in [1.54, 1.807) is 6.07 Å². The minimum Gasteiger partial charge on any atom is -0.746 e. The van der Waals surface area contributed by atoms with E-state index in [0.717, 1.165) is 24.3 Å². The summed E-state index contributed by atoms with van der Waals surface area (Å²) in [6.45, 7) is 0. The summed E-state index contributed by atoms with van der Waals surface area (Å²) in [5.41, 5.74) is 6.02. The first-order valence-corrected chi connectivity index (χ1v) is 19.6. The first-order chi connectivity index (χ1) is 26.4. The number of phenolic OH excluding ortho intramolecular Hbond substituents is 1. The fourth-order valence-electron chi connectivity index (χ4n) is 3.82. The Hall–Kier alpha value is 1.70. The number of rotatable bonds is 8.